The molecule has 1 aromatic rings. The maximum absolute atomic E-state index is 11.4. The van der Waals surface area contributed by atoms with E-state index in [-0.39, 0.29) is 30.0 Å². The van der Waals surface area contributed by atoms with Gasteiger partial charge in [-0.2, -0.15) is 0 Å². The lowest BCUT2D eigenvalue weighted by molar-refractivity contribution is -0.657. The number of esters is 1. The van der Waals surface area contributed by atoms with Crippen LogP contribution in [0.15, 0.2) is 30.3 Å². The van der Waals surface area contributed by atoms with Gasteiger partial charge in [0.1, 0.15) is 0 Å². The SMILES string of the molecule is CCOC(=O)/C=C/c1ccccc1C1CN([N+](=O)[O-])CCN1.Cl. The Morgan fingerprint density at radius 2 is 2.26 bits per heavy atom. The molecule has 0 aliphatic carbocycles. The minimum Gasteiger partial charge on any atom is -0.463 e. The van der Waals surface area contributed by atoms with Crippen molar-refractivity contribution >= 4 is 24.5 Å². The van der Waals surface area contributed by atoms with Crippen molar-refractivity contribution in [1.82, 2.24) is 10.3 Å². The first-order chi connectivity index (χ1) is 10.6. The molecule has 23 heavy (non-hydrogen) atoms. The van der Waals surface area contributed by atoms with Crippen LogP contribution in [0.25, 0.3) is 6.08 Å². The number of hydrogen-bond acceptors (Lipinski definition) is 5. The second-order valence-electron chi connectivity index (χ2n) is 4.87. The molecule has 0 radical (unpaired) electrons. The highest BCUT2D eigenvalue weighted by Crippen LogP contribution is 2.22. The van der Waals surface area contributed by atoms with Crippen LogP contribution in [0.5, 0.6) is 0 Å². The fourth-order valence-corrected chi connectivity index (χ4v) is 2.42. The van der Waals surface area contributed by atoms with E-state index < -0.39 is 5.97 Å². The highest BCUT2D eigenvalue weighted by Gasteiger charge is 2.27. The number of benzene rings is 1. The number of ether oxygens (including phenoxy) is 1. The summed E-state index contributed by atoms with van der Waals surface area (Å²) >= 11 is 0. The second kappa shape index (κ2) is 9.12. The van der Waals surface area contributed by atoms with Crippen molar-refractivity contribution in [2.24, 2.45) is 0 Å². The molecule has 126 valence electrons. The van der Waals surface area contributed by atoms with E-state index in [4.69, 9.17) is 4.74 Å². The van der Waals surface area contributed by atoms with Crippen molar-refractivity contribution in [3.05, 3.63) is 51.6 Å². The van der Waals surface area contributed by atoms with E-state index in [1.165, 1.54) is 11.1 Å². The van der Waals surface area contributed by atoms with E-state index in [9.17, 15) is 14.9 Å². The Morgan fingerprint density at radius 1 is 1.52 bits per heavy atom. The molecular formula is C15H20ClN3O4. The van der Waals surface area contributed by atoms with Crippen molar-refractivity contribution in [1.29, 1.82) is 0 Å². The normalized spacial score (nSPS) is 17.6. The summed E-state index contributed by atoms with van der Waals surface area (Å²) in [6.07, 6.45) is 3.05. The summed E-state index contributed by atoms with van der Waals surface area (Å²) in [5.74, 6) is -0.402. The first kappa shape index (κ1) is 18.9. The van der Waals surface area contributed by atoms with Gasteiger partial charge in [-0.05, 0) is 24.1 Å². The van der Waals surface area contributed by atoms with Crippen molar-refractivity contribution in [2.75, 3.05) is 26.2 Å². The Hall–Kier alpha value is -2.12. The van der Waals surface area contributed by atoms with Gasteiger partial charge in [-0.25, -0.2) is 14.9 Å². The van der Waals surface area contributed by atoms with Gasteiger partial charge in [0.05, 0.1) is 25.7 Å². The van der Waals surface area contributed by atoms with Gasteiger partial charge in [0.15, 0.2) is 5.03 Å². The topological polar surface area (TPSA) is 84.7 Å². The van der Waals surface area contributed by atoms with Crippen LogP contribution in [-0.2, 0) is 9.53 Å². The lowest BCUT2D eigenvalue weighted by Crippen LogP contribution is -2.48. The number of rotatable bonds is 5. The zero-order valence-electron chi connectivity index (χ0n) is 12.8. The summed E-state index contributed by atoms with van der Waals surface area (Å²) in [5.41, 5.74) is 1.77. The minimum absolute atomic E-state index is 0. The molecule has 0 amide bonds. The first-order valence-corrected chi connectivity index (χ1v) is 7.18. The monoisotopic (exact) mass is 341 g/mol. The summed E-state index contributed by atoms with van der Waals surface area (Å²) in [5, 5.41) is 15.0. The fourth-order valence-electron chi connectivity index (χ4n) is 2.42. The largest absolute Gasteiger partial charge is 0.463 e. The van der Waals surface area contributed by atoms with Crippen LogP contribution in [0, 0.1) is 10.1 Å². The van der Waals surface area contributed by atoms with E-state index in [1.807, 2.05) is 24.3 Å². The third-order valence-corrected chi connectivity index (χ3v) is 3.44. The van der Waals surface area contributed by atoms with E-state index in [0.717, 1.165) is 11.1 Å². The van der Waals surface area contributed by atoms with Crippen LogP contribution in [0.3, 0.4) is 0 Å². The van der Waals surface area contributed by atoms with E-state index in [1.54, 1.807) is 13.0 Å². The number of piperazine rings is 1. The van der Waals surface area contributed by atoms with Crippen LogP contribution >= 0.6 is 12.4 Å². The molecule has 0 aromatic heterocycles. The van der Waals surface area contributed by atoms with Crippen molar-refractivity contribution in [3.8, 4) is 0 Å². The lowest BCUT2D eigenvalue weighted by atomic mass is 9.98. The number of nitrogens with one attached hydrogen (secondary N) is 1. The van der Waals surface area contributed by atoms with Gasteiger partial charge in [-0.1, -0.05) is 24.3 Å². The molecule has 0 bridgehead atoms. The highest BCUT2D eigenvalue weighted by molar-refractivity contribution is 5.87. The Kier molecular flexibility index (Phi) is 7.50. The first-order valence-electron chi connectivity index (χ1n) is 7.18. The fraction of sp³-hybridized carbons (Fsp3) is 0.400. The summed E-state index contributed by atoms with van der Waals surface area (Å²) in [6.45, 7) is 3.29. The molecule has 7 nitrogen and oxygen atoms in total. The van der Waals surface area contributed by atoms with Crippen molar-refractivity contribution in [2.45, 2.75) is 13.0 Å². The molecule has 1 atom stereocenters. The molecule has 0 spiro atoms. The molecule has 8 heteroatoms. The molecule has 1 aromatic carbocycles. The molecule has 1 saturated heterocycles. The standard InChI is InChI=1S/C15H19N3O4.ClH/c1-2-22-15(19)8-7-12-5-3-4-6-13(12)14-11-17(18(20)21)10-9-16-14;/h3-8,14,16H,2,9-11H2,1H3;1H/b8-7+;. The predicted molar refractivity (Wildman–Crippen MR) is 88.7 cm³/mol. The van der Waals surface area contributed by atoms with Gasteiger partial charge in [-0.15, -0.1) is 17.4 Å². The number of carbonyl (C=O) groups is 1. The van der Waals surface area contributed by atoms with Gasteiger partial charge >= 0.3 is 5.97 Å². The average Bonchev–Trinajstić information content (AvgIpc) is 2.53. The molecule has 1 aliphatic rings. The number of hydrogen-bond donors (Lipinski definition) is 1. The third kappa shape index (κ3) is 5.22. The summed E-state index contributed by atoms with van der Waals surface area (Å²) in [7, 11) is 0. The van der Waals surface area contributed by atoms with Gasteiger partial charge < -0.3 is 10.1 Å². The van der Waals surface area contributed by atoms with Gasteiger partial charge in [-0.3, -0.25) is 0 Å². The predicted octanol–water partition coefficient (Wildman–Crippen LogP) is 1.82. The Bertz CT molecular complexity index is 580. The number of nitrogens with zero attached hydrogens (tertiary/aromatic N) is 2. The molecule has 1 heterocycles. The van der Waals surface area contributed by atoms with Gasteiger partial charge in [0, 0.05) is 12.6 Å². The number of nitro groups is 1. The van der Waals surface area contributed by atoms with Gasteiger partial charge in [0.25, 0.3) is 0 Å². The zero-order valence-corrected chi connectivity index (χ0v) is 13.6. The van der Waals surface area contributed by atoms with Gasteiger partial charge in [0.2, 0.25) is 0 Å². The molecule has 1 aliphatic heterocycles. The lowest BCUT2D eigenvalue weighted by Gasteiger charge is -2.29. The average molecular weight is 342 g/mol. The molecule has 0 saturated carbocycles. The number of hydrazine groups is 1. The number of carbonyl (C=O) groups excluding carboxylic acids is 1. The molecule has 1 fully saturated rings. The number of halogens is 1. The van der Waals surface area contributed by atoms with Crippen LogP contribution in [0.1, 0.15) is 24.1 Å². The Labute approximate surface area is 140 Å². The third-order valence-electron chi connectivity index (χ3n) is 3.44. The summed E-state index contributed by atoms with van der Waals surface area (Å²) < 4.78 is 4.86. The summed E-state index contributed by atoms with van der Waals surface area (Å²) in [4.78, 5) is 22.4. The molecular weight excluding hydrogens is 322 g/mol. The molecule has 1 unspecified atom stereocenters. The van der Waals surface area contributed by atoms with E-state index in [0.29, 0.717) is 19.7 Å². The maximum atomic E-state index is 11.4. The maximum Gasteiger partial charge on any atom is 0.330 e. The van der Waals surface area contributed by atoms with Crippen LogP contribution < -0.4 is 5.32 Å². The molecule has 1 N–H and O–H groups in total. The van der Waals surface area contributed by atoms with Crippen LogP contribution in [0.4, 0.5) is 0 Å². The Morgan fingerprint density at radius 3 is 2.96 bits per heavy atom. The quantitative estimate of drug-likeness (QED) is 0.380. The zero-order chi connectivity index (χ0) is 15.9. The second-order valence-corrected chi connectivity index (χ2v) is 4.87. The van der Waals surface area contributed by atoms with E-state index in [2.05, 4.69) is 5.32 Å². The minimum atomic E-state index is -0.402. The van der Waals surface area contributed by atoms with Crippen LogP contribution in [-0.4, -0.2) is 42.3 Å². The molecule has 2 rings (SSSR count). The Balaban J connectivity index is 0.00000264. The van der Waals surface area contributed by atoms with Crippen molar-refractivity contribution < 1.29 is 14.6 Å². The van der Waals surface area contributed by atoms with Crippen molar-refractivity contribution in [3.63, 3.8) is 0 Å². The van der Waals surface area contributed by atoms with Crippen LogP contribution in [0.2, 0.25) is 0 Å². The van der Waals surface area contributed by atoms with E-state index >= 15 is 0 Å². The highest BCUT2D eigenvalue weighted by atomic mass is 35.5. The summed E-state index contributed by atoms with van der Waals surface area (Å²) in [6, 6.07) is 7.37. The smallest absolute Gasteiger partial charge is 0.330 e.